The number of nitrogens with zero attached hydrogens (tertiary/aromatic N) is 3. The van der Waals surface area contributed by atoms with Gasteiger partial charge in [0.25, 0.3) is 5.91 Å². The molecular weight excluding hydrogens is 451 g/mol. The minimum Gasteiger partial charge on any atom is -0.467 e. The molecule has 0 aliphatic carbocycles. The lowest BCUT2D eigenvalue weighted by molar-refractivity contribution is 0.0948. The molecule has 0 bridgehead atoms. The molecule has 0 spiro atoms. The van der Waals surface area contributed by atoms with Gasteiger partial charge in [0, 0.05) is 23.1 Å². The molecule has 0 aliphatic heterocycles. The maximum atomic E-state index is 14.3. The van der Waals surface area contributed by atoms with E-state index in [-0.39, 0.29) is 11.7 Å². The smallest absolute Gasteiger partial charge is 0.251 e. The molecule has 5 aromatic rings. The number of hydrogen-bond acceptors (Lipinski definition) is 5. The number of furan rings is 1. The fourth-order valence-electron chi connectivity index (χ4n) is 3.59. The van der Waals surface area contributed by atoms with E-state index in [9.17, 15) is 9.18 Å². The van der Waals surface area contributed by atoms with E-state index in [4.69, 9.17) is 9.40 Å². The fourth-order valence-corrected chi connectivity index (χ4v) is 4.56. The predicted octanol–water partition coefficient (Wildman–Crippen LogP) is 5.43. The molecule has 0 aliphatic rings. The van der Waals surface area contributed by atoms with Crippen LogP contribution in [0.25, 0.3) is 11.0 Å². The average molecular weight is 473 g/mol. The number of amides is 1. The maximum absolute atomic E-state index is 14.3. The third kappa shape index (κ3) is 4.87. The molecule has 6 nitrogen and oxygen atoms in total. The summed E-state index contributed by atoms with van der Waals surface area (Å²) in [6, 6.07) is 19.7. The summed E-state index contributed by atoms with van der Waals surface area (Å²) in [5.74, 6) is 0.956. The Hall–Kier alpha value is -3.91. The topological polar surface area (TPSA) is 73.0 Å². The highest BCUT2D eigenvalue weighted by Crippen LogP contribution is 2.28. The average Bonchev–Trinajstić information content (AvgIpc) is 3.51. The van der Waals surface area contributed by atoms with Gasteiger partial charge in [-0.15, -0.1) is 0 Å². The highest BCUT2D eigenvalue weighted by Gasteiger charge is 2.14. The zero-order valence-corrected chi connectivity index (χ0v) is 19.0. The second-order valence-electron chi connectivity index (χ2n) is 7.68. The summed E-state index contributed by atoms with van der Waals surface area (Å²) >= 11 is 1.56. The number of pyridine rings is 1. The largest absolute Gasteiger partial charge is 0.467 e. The van der Waals surface area contributed by atoms with E-state index in [2.05, 4.69) is 10.3 Å². The number of hydrogen-bond donors (Lipinski definition) is 1. The summed E-state index contributed by atoms with van der Waals surface area (Å²) in [4.78, 5) is 21.3. The first-order valence-electron chi connectivity index (χ1n) is 10.7. The Kier molecular flexibility index (Phi) is 6.40. The number of fused-ring (bicyclic) bond motifs is 1. The second kappa shape index (κ2) is 9.93. The van der Waals surface area contributed by atoms with Crippen molar-refractivity contribution in [3.8, 4) is 0 Å². The first-order valence-corrected chi connectivity index (χ1v) is 11.7. The number of aromatic nitrogens is 3. The minimum absolute atomic E-state index is 0.158. The molecule has 2 aromatic carbocycles. The first-order chi connectivity index (χ1) is 16.7. The summed E-state index contributed by atoms with van der Waals surface area (Å²) in [6.45, 7) is 0.711. The van der Waals surface area contributed by atoms with Gasteiger partial charge in [0.2, 0.25) is 0 Å². The van der Waals surface area contributed by atoms with Crippen molar-refractivity contribution in [3.63, 3.8) is 0 Å². The number of thioether (sulfide) groups is 1. The van der Waals surface area contributed by atoms with Crippen LogP contribution in [0, 0.1) is 5.82 Å². The van der Waals surface area contributed by atoms with Crippen LogP contribution in [0.1, 0.15) is 27.2 Å². The summed E-state index contributed by atoms with van der Waals surface area (Å²) in [5, 5.41) is 3.62. The molecule has 170 valence electrons. The number of benzene rings is 2. The Morgan fingerprint density at radius 3 is 2.71 bits per heavy atom. The molecule has 1 amide bonds. The quantitative estimate of drug-likeness (QED) is 0.305. The van der Waals surface area contributed by atoms with Gasteiger partial charge in [-0.05, 0) is 42.0 Å². The molecule has 3 aromatic heterocycles. The van der Waals surface area contributed by atoms with Crippen molar-refractivity contribution in [2.45, 2.75) is 24.0 Å². The molecule has 1 N–H and O–H groups in total. The molecule has 5 rings (SSSR count). The SMILES string of the molecule is O=C(NCc1ccco1)c1ccc(CSc2nc3ccncc3n2Cc2ccccc2F)cc1. The second-order valence-corrected chi connectivity index (χ2v) is 8.63. The third-order valence-corrected chi connectivity index (χ3v) is 6.44. The van der Waals surface area contributed by atoms with Gasteiger partial charge in [0.1, 0.15) is 11.6 Å². The van der Waals surface area contributed by atoms with Crippen molar-refractivity contribution in [2.24, 2.45) is 0 Å². The molecule has 3 heterocycles. The van der Waals surface area contributed by atoms with E-state index in [0.29, 0.717) is 35.7 Å². The van der Waals surface area contributed by atoms with Crippen LogP contribution in [0.15, 0.2) is 95.0 Å². The monoisotopic (exact) mass is 472 g/mol. The number of carbonyl (C=O) groups is 1. The van der Waals surface area contributed by atoms with E-state index < -0.39 is 0 Å². The van der Waals surface area contributed by atoms with Gasteiger partial charge in [-0.1, -0.05) is 42.1 Å². The molecule has 0 saturated carbocycles. The van der Waals surface area contributed by atoms with Crippen LogP contribution in [0.3, 0.4) is 0 Å². The van der Waals surface area contributed by atoms with Crippen molar-refractivity contribution in [1.29, 1.82) is 0 Å². The Labute approximate surface area is 199 Å². The van der Waals surface area contributed by atoms with Gasteiger partial charge in [-0.3, -0.25) is 9.78 Å². The summed E-state index contributed by atoms with van der Waals surface area (Å²) in [5.41, 5.74) is 3.90. The molecule has 8 heteroatoms. The number of carbonyl (C=O) groups excluding carboxylic acids is 1. The van der Waals surface area contributed by atoms with Gasteiger partial charge >= 0.3 is 0 Å². The first kappa shape index (κ1) is 21.9. The molecule has 0 unspecified atom stereocenters. The van der Waals surface area contributed by atoms with Gasteiger partial charge < -0.3 is 14.3 Å². The summed E-state index contributed by atoms with van der Waals surface area (Å²) < 4.78 is 21.5. The van der Waals surface area contributed by atoms with Crippen molar-refractivity contribution >= 4 is 28.7 Å². The van der Waals surface area contributed by atoms with Crippen LogP contribution in [-0.4, -0.2) is 20.4 Å². The number of halogens is 1. The molecule has 0 atom stereocenters. The molecule has 0 fully saturated rings. The van der Waals surface area contributed by atoms with Crippen LogP contribution in [-0.2, 0) is 18.8 Å². The lowest BCUT2D eigenvalue weighted by atomic mass is 10.1. The zero-order valence-electron chi connectivity index (χ0n) is 18.1. The standard InChI is InChI=1S/C26H21FN4O2S/c27-22-6-2-1-4-20(22)16-31-24-15-28-12-11-23(24)30-26(31)34-17-18-7-9-19(10-8-18)25(32)29-14-21-5-3-13-33-21/h1-13,15H,14,16-17H2,(H,29,32). The van der Waals surface area contributed by atoms with E-state index in [0.717, 1.165) is 21.8 Å². The van der Waals surface area contributed by atoms with Crippen molar-refractivity contribution in [2.75, 3.05) is 0 Å². The lowest BCUT2D eigenvalue weighted by Crippen LogP contribution is -2.22. The van der Waals surface area contributed by atoms with Crippen LogP contribution >= 0.6 is 11.8 Å². The Balaban J connectivity index is 1.29. The van der Waals surface area contributed by atoms with Gasteiger partial charge in [0.15, 0.2) is 5.16 Å². The van der Waals surface area contributed by atoms with Gasteiger partial charge in [-0.2, -0.15) is 0 Å². The van der Waals surface area contributed by atoms with Gasteiger partial charge in [-0.25, -0.2) is 9.37 Å². The number of imidazole rings is 1. The third-order valence-electron chi connectivity index (χ3n) is 5.39. The zero-order chi connectivity index (χ0) is 23.3. The highest BCUT2D eigenvalue weighted by atomic mass is 32.2. The van der Waals surface area contributed by atoms with Crippen LogP contribution < -0.4 is 5.32 Å². The fraction of sp³-hybridized carbons (Fsp3) is 0.115. The highest BCUT2D eigenvalue weighted by molar-refractivity contribution is 7.98. The minimum atomic E-state index is -0.245. The summed E-state index contributed by atoms with van der Waals surface area (Å²) in [7, 11) is 0. The van der Waals surface area contributed by atoms with Crippen LogP contribution in [0.4, 0.5) is 4.39 Å². The van der Waals surface area contributed by atoms with Gasteiger partial charge in [0.05, 0.1) is 36.6 Å². The Morgan fingerprint density at radius 1 is 1.06 bits per heavy atom. The Bertz CT molecular complexity index is 1410. The molecule has 0 radical (unpaired) electrons. The van der Waals surface area contributed by atoms with Crippen LogP contribution in [0.2, 0.25) is 0 Å². The van der Waals surface area contributed by atoms with Crippen LogP contribution in [0.5, 0.6) is 0 Å². The lowest BCUT2D eigenvalue weighted by Gasteiger charge is -2.10. The molecular formula is C26H21FN4O2S. The summed E-state index contributed by atoms with van der Waals surface area (Å²) in [6.07, 6.45) is 5.03. The van der Waals surface area contributed by atoms with E-state index >= 15 is 0 Å². The number of rotatable bonds is 8. The normalized spacial score (nSPS) is 11.1. The number of nitrogens with one attached hydrogen (secondary N) is 1. The molecule has 34 heavy (non-hydrogen) atoms. The van der Waals surface area contributed by atoms with E-state index in [1.807, 2.05) is 34.9 Å². The van der Waals surface area contributed by atoms with Crippen molar-refractivity contribution in [3.05, 3.63) is 114 Å². The van der Waals surface area contributed by atoms with Crippen molar-refractivity contribution < 1.29 is 13.6 Å². The van der Waals surface area contributed by atoms with E-state index in [1.165, 1.54) is 6.07 Å². The predicted molar refractivity (Wildman–Crippen MR) is 129 cm³/mol. The Morgan fingerprint density at radius 2 is 1.91 bits per heavy atom. The van der Waals surface area contributed by atoms with E-state index in [1.54, 1.807) is 60.8 Å². The maximum Gasteiger partial charge on any atom is 0.251 e. The van der Waals surface area contributed by atoms with Crippen molar-refractivity contribution in [1.82, 2.24) is 19.9 Å². The molecule has 0 saturated heterocycles.